The van der Waals surface area contributed by atoms with E-state index in [4.69, 9.17) is 14.6 Å². The first-order valence-corrected chi connectivity index (χ1v) is 13.0. The lowest BCUT2D eigenvalue weighted by Crippen LogP contribution is -2.15. The molecule has 2 N–H and O–H groups in total. The van der Waals surface area contributed by atoms with Gasteiger partial charge in [0.15, 0.2) is 0 Å². The summed E-state index contributed by atoms with van der Waals surface area (Å²) in [6.07, 6.45) is 12.1. The van der Waals surface area contributed by atoms with E-state index in [1.165, 1.54) is 52.1 Å². The Labute approximate surface area is 210 Å². The number of thioether (sulfide) groups is 1. The van der Waals surface area contributed by atoms with E-state index in [1.807, 2.05) is 0 Å². The first-order chi connectivity index (χ1) is 17.0. The van der Waals surface area contributed by atoms with E-state index in [1.54, 1.807) is 18.2 Å². The minimum Gasteiger partial charge on any atom is -0.497 e. The van der Waals surface area contributed by atoms with Gasteiger partial charge in [-0.15, -0.1) is 5.10 Å². The van der Waals surface area contributed by atoms with Crippen molar-refractivity contribution in [1.29, 1.82) is 0 Å². The van der Waals surface area contributed by atoms with Crippen molar-refractivity contribution in [3.8, 4) is 11.5 Å². The average molecular weight is 509 g/mol. The van der Waals surface area contributed by atoms with Gasteiger partial charge < -0.3 is 19.7 Å². The summed E-state index contributed by atoms with van der Waals surface area (Å²) in [5, 5.41) is 28.8. The molecule has 1 heterocycles. The van der Waals surface area contributed by atoms with Crippen LogP contribution >= 0.6 is 11.8 Å². The van der Waals surface area contributed by atoms with Crippen molar-refractivity contribution in [3.05, 3.63) is 23.8 Å². The van der Waals surface area contributed by atoms with Gasteiger partial charge in [-0.3, -0.25) is 9.59 Å². The number of nitrogens with zero attached hydrogens (tertiary/aromatic N) is 4. The second kappa shape index (κ2) is 16.0. The Hall–Kier alpha value is -2.82. The molecule has 194 valence electrons. The molecule has 0 aliphatic heterocycles. The number of aromatic nitrogens is 4. The van der Waals surface area contributed by atoms with Crippen LogP contribution in [-0.2, 0) is 16.1 Å². The van der Waals surface area contributed by atoms with E-state index < -0.39 is 23.7 Å². The van der Waals surface area contributed by atoms with Gasteiger partial charge in [-0.1, -0.05) is 76.5 Å². The van der Waals surface area contributed by atoms with Crippen LogP contribution in [0, 0.1) is 0 Å². The number of aliphatic carboxylic acids is 2. The highest BCUT2D eigenvalue weighted by molar-refractivity contribution is 8.00. The average Bonchev–Trinajstić information content (AvgIpc) is 3.26. The normalized spacial score (nSPS) is 11.8. The molecule has 0 saturated carbocycles. The molecule has 10 nitrogen and oxygen atoms in total. The molecule has 0 amide bonds. The number of benzene rings is 1. The largest absolute Gasteiger partial charge is 0.497 e. The van der Waals surface area contributed by atoms with Crippen LogP contribution < -0.4 is 9.47 Å². The third-order valence-corrected chi connectivity index (χ3v) is 6.68. The lowest BCUT2D eigenvalue weighted by Gasteiger charge is -2.18. The van der Waals surface area contributed by atoms with Gasteiger partial charge in [0.25, 0.3) is 0 Å². The van der Waals surface area contributed by atoms with E-state index in [-0.39, 0.29) is 5.16 Å². The van der Waals surface area contributed by atoms with Crippen LogP contribution in [0.4, 0.5) is 0 Å². The molecular formula is C24H36N4O6S. The van der Waals surface area contributed by atoms with Crippen LogP contribution in [-0.4, -0.2) is 56.1 Å². The summed E-state index contributed by atoms with van der Waals surface area (Å²) in [6, 6.07) is 5.03. The minimum atomic E-state index is -1.13. The maximum atomic E-state index is 12.2. The Kier molecular flexibility index (Phi) is 13.0. The molecule has 0 saturated heterocycles. The minimum absolute atomic E-state index is 0.0864. The summed E-state index contributed by atoms with van der Waals surface area (Å²) in [6.45, 7) is 2.23. The number of carboxylic acids is 2. The number of carbonyl (C=O) groups is 2. The first kappa shape index (κ1) is 28.4. The number of hydrogen-bond acceptors (Lipinski definition) is 8. The molecule has 0 radical (unpaired) electrons. The number of unbranched alkanes of at least 4 members (excludes halogenated alkanes) is 9. The van der Waals surface area contributed by atoms with Crippen molar-refractivity contribution in [2.75, 3.05) is 13.7 Å². The Morgan fingerprint density at radius 2 is 1.69 bits per heavy atom. The molecule has 1 aromatic heterocycles. The van der Waals surface area contributed by atoms with Crippen molar-refractivity contribution < 1.29 is 29.3 Å². The summed E-state index contributed by atoms with van der Waals surface area (Å²) in [7, 11) is 1.50. The summed E-state index contributed by atoms with van der Waals surface area (Å²) < 4.78 is 12.3. The first-order valence-electron chi connectivity index (χ1n) is 12.1. The number of methoxy groups -OCH3 is 1. The predicted octanol–water partition coefficient (Wildman–Crippen LogP) is 4.98. The molecule has 1 unspecified atom stereocenters. The van der Waals surface area contributed by atoms with Crippen LogP contribution in [0.3, 0.4) is 0 Å². The molecule has 0 aliphatic rings. The Bertz CT molecular complexity index is 923. The zero-order chi connectivity index (χ0) is 25.5. The molecule has 11 heteroatoms. The maximum Gasteiger partial charge on any atom is 0.325 e. The monoisotopic (exact) mass is 508 g/mol. The van der Waals surface area contributed by atoms with Gasteiger partial charge in [-0.2, -0.15) is 0 Å². The molecule has 2 aromatic rings. The molecular weight excluding hydrogens is 472 g/mol. The highest BCUT2D eigenvalue weighted by Gasteiger charge is 2.28. The van der Waals surface area contributed by atoms with Crippen molar-refractivity contribution in [1.82, 2.24) is 20.2 Å². The topological polar surface area (TPSA) is 137 Å². The number of hydrogen-bond donors (Lipinski definition) is 2. The van der Waals surface area contributed by atoms with Gasteiger partial charge in [-0.05, 0) is 35.0 Å². The van der Waals surface area contributed by atoms with E-state index in [9.17, 15) is 14.7 Å². The Morgan fingerprint density at radius 1 is 1.03 bits per heavy atom. The fourth-order valence-corrected chi connectivity index (χ4v) is 4.55. The lowest BCUT2D eigenvalue weighted by molar-refractivity contribution is -0.138. The molecule has 0 spiro atoms. The van der Waals surface area contributed by atoms with Crippen LogP contribution in [0.25, 0.3) is 0 Å². The fraction of sp³-hybridized carbons (Fsp3) is 0.625. The summed E-state index contributed by atoms with van der Waals surface area (Å²) in [5.41, 5.74) is 0.402. The molecule has 1 atom stereocenters. The summed E-state index contributed by atoms with van der Waals surface area (Å²) >= 11 is 0.847. The number of ether oxygens (including phenoxy) is 2. The van der Waals surface area contributed by atoms with Gasteiger partial charge in [0.2, 0.25) is 5.16 Å². The van der Waals surface area contributed by atoms with Crippen LogP contribution in [0.2, 0.25) is 0 Å². The number of tetrazole rings is 1. The van der Waals surface area contributed by atoms with Gasteiger partial charge in [0, 0.05) is 5.56 Å². The lowest BCUT2D eigenvalue weighted by atomic mass is 10.1. The highest BCUT2D eigenvalue weighted by Crippen LogP contribution is 2.40. The van der Waals surface area contributed by atoms with Gasteiger partial charge in [0.05, 0.1) is 13.7 Å². The van der Waals surface area contributed by atoms with Crippen molar-refractivity contribution >= 4 is 23.7 Å². The van der Waals surface area contributed by atoms with E-state index in [0.29, 0.717) is 23.7 Å². The second-order valence-electron chi connectivity index (χ2n) is 8.28. The fourth-order valence-electron chi connectivity index (χ4n) is 3.62. The Balaban J connectivity index is 1.95. The van der Waals surface area contributed by atoms with Crippen LogP contribution in [0.1, 0.15) is 81.9 Å². The van der Waals surface area contributed by atoms with Crippen LogP contribution in [0.15, 0.2) is 23.4 Å². The number of carboxylic acid groups (broad SMARTS) is 2. The molecule has 0 bridgehead atoms. The summed E-state index contributed by atoms with van der Waals surface area (Å²) in [5.74, 6) is -1.33. The zero-order valence-electron chi connectivity index (χ0n) is 20.5. The SMILES string of the molecule is CCCCCCCCCCCCOc1ccc(OC)cc1C(Sc1nnnn1CC(=O)O)C(=O)O. The predicted molar refractivity (Wildman–Crippen MR) is 132 cm³/mol. The zero-order valence-corrected chi connectivity index (χ0v) is 21.3. The van der Waals surface area contributed by atoms with Gasteiger partial charge in [-0.25, -0.2) is 4.68 Å². The van der Waals surface area contributed by atoms with E-state index >= 15 is 0 Å². The van der Waals surface area contributed by atoms with Crippen LogP contribution in [0.5, 0.6) is 11.5 Å². The molecule has 1 aromatic carbocycles. The molecule has 35 heavy (non-hydrogen) atoms. The van der Waals surface area contributed by atoms with Gasteiger partial charge >= 0.3 is 11.9 Å². The maximum absolute atomic E-state index is 12.2. The van der Waals surface area contributed by atoms with Gasteiger partial charge in [0.1, 0.15) is 23.3 Å². The standard InChI is InChI=1S/C24H36N4O6S/c1-3-4-5-6-7-8-9-10-11-12-15-34-20-14-13-18(33-2)16-19(20)22(23(31)32)35-24-25-26-27-28(24)17-21(29)30/h13-14,16,22H,3-12,15,17H2,1-2H3,(H,29,30)(H,31,32). The van der Waals surface area contributed by atoms with Crippen molar-refractivity contribution in [2.24, 2.45) is 0 Å². The Morgan fingerprint density at radius 3 is 2.29 bits per heavy atom. The molecule has 0 aliphatic carbocycles. The highest BCUT2D eigenvalue weighted by atomic mass is 32.2. The summed E-state index contributed by atoms with van der Waals surface area (Å²) in [4.78, 5) is 23.2. The molecule has 0 fully saturated rings. The van der Waals surface area contributed by atoms with E-state index in [0.717, 1.165) is 35.7 Å². The smallest absolute Gasteiger partial charge is 0.325 e. The van der Waals surface area contributed by atoms with E-state index in [2.05, 4.69) is 22.4 Å². The quantitative estimate of drug-likeness (QED) is 0.197. The third kappa shape index (κ3) is 10.1. The second-order valence-corrected chi connectivity index (χ2v) is 9.36. The van der Waals surface area contributed by atoms with Crippen molar-refractivity contribution in [2.45, 2.75) is 88.1 Å². The number of rotatable bonds is 19. The molecule has 2 rings (SSSR count). The van der Waals surface area contributed by atoms with Crippen molar-refractivity contribution in [3.63, 3.8) is 0 Å². The third-order valence-electron chi connectivity index (χ3n) is 5.49.